The number of rotatable bonds is 6. The second kappa shape index (κ2) is 6.39. The third kappa shape index (κ3) is 3.83. The average molecular weight is 256 g/mol. The van der Waals surface area contributed by atoms with Crippen LogP contribution in [0.1, 0.15) is 43.7 Å². The molecule has 0 aliphatic heterocycles. The van der Waals surface area contributed by atoms with E-state index in [9.17, 15) is 0 Å². The van der Waals surface area contributed by atoms with E-state index in [2.05, 4.69) is 56.1 Å². The first-order valence-corrected chi connectivity index (χ1v) is 6.74. The molecule has 0 aliphatic carbocycles. The van der Waals surface area contributed by atoms with Gasteiger partial charge in [-0.15, -0.1) is 0 Å². The van der Waals surface area contributed by atoms with E-state index >= 15 is 0 Å². The molecule has 0 aliphatic rings. The number of furan rings is 1. The summed E-state index contributed by atoms with van der Waals surface area (Å²) >= 11 is 0. The molecule has 0 saturated carbocycles. The van der Waals surface area contributed by atoms with E-state index in [1.807, 2.05) is 12.1 Å². The Morgan fingerprint density at radius 1 is 1.21 bits per heavy atom. The summed E-state index contributed by atoms with van der Waals surface area (Å²) in [7, 11) is 0. The molecule has 19 heavy (non-hydrogen) atoms. The predicted molar refractivity (Wildman–Crippen MR) is 77.7 cm³/mol. The summed E-state index contributed by atoms with van der Waals surface area (Å²) in [5.74, 6) is 1.02. The number of benzene rings is 1. The van der Waals surface area contributed by atoms with Crippen LogP contribution in [0.15, 0.2) is 65.3 Å². The Morgan fingerprint density at radius 2 is 1.95 bits per heavy atom. The highest BCUT2D eigenvalue weighted by molar-refractivity contribution is 5.18. The van der Waals surface area contributed by atoms with Gasteiger partial charge in [-0.2, -0.15) is 0 Å². The van der Waals surface area contributed by atoms with Gasteiger partial charge in [-0.1, -0.05) is 42.5 Å². The van der Waals surface area contributed by atoms with Gasteiger partial charge in [-0.3, -0.25) is 0 Å². The Kier molecular flexibility index (Phi) is 4.58. The third-order valence-electron chi connectivity index (χ3n) is 3.31. The van der Waals surface area contributed by atoms with Gasteiger partial charge < -0.3 is 9.73 Å². The maximum Gasteiger partial charge on any atom is 0.160 e. The molecule has 0 amide bonds. The van der Waals surface area contributed by atoms with E-state index < -0.39 is 0 Å². The van der Waals surface area contributed by atoms with Crippen LogP contribution in [0.5, 0.6) is 0 Å². The predicted octanol–water partition coefficient (Wildman–Crippen LogP) is 3.61. The normalized spacial score (nSPS) is 14.0. The van der Waals surface area contributed by atoms with Crippen molar-refractivity contribution >= 4 is 0 Å². The number of hydrogen-bond acceptors (Lipinski definition) is 1. The molecule has 0 unspecified atom stereocenters. The van der Waals surface area contributed by atoms with Crippen molar-refractivity contribution in [2.24, 2.45) is 0 Å². The van der Waals surface area contributed by atoms with Crippen LogP contribution < -0.4 is 5.32 Å². The van der Waals surface area contributed by atoms with Gasteiger partial charge in [0.1, 0.15) is 12.1 Å². The first kappa shape index (κ1) is 13.6. The van der Waals surface area contributed by atoms with Crippen LogP contribution in [0.25, 0.3) is 0 Å². The standard InChI is InChI=1S/C17H21NO/c1-13(2)12-16(15-8-5-4-6-9-15)18-14(3)17-10-7-11-19-17/h4-11,14,16,18H,1,12H2,2-3H3/p+1/t14-,16+/m1/s1. The summed E-state index contributed by atoms with van der Waals surface area (Å²) in [6.07, 6.45) is 2.71. The summed E-state index contributed by atoms with van der Waals surface area (Å²) in [6, 6.07) is 15.3. The molecule has 0 bridgehead atoms. The zero-order chi connectivity index (χ0) is 13.7. The molecule has 2 N–H and O–H groups in total. The summed E-state index contributed by atoms with van der Waals surface area (Å²) in [4.78, 5) is 0. The Bertz CT molecular complexity index is 501. The Balaban J connectivity index is 2.12. The summed E-state index contributed by atoms with van der Waals surface area (Å²) in [6.45, 7) is 8.31. The average Bonchev–Trinajstić information content (AvgIpc) is 2.92. The lowest BCUT2D eigenvalue weighted by Gasteiger charge is -2.19. The second-order valence-corrected chi connectivity index (χ2v) is 5.17. The van der Waals surface area contributed by atoms with Gasteiger partial charge in [0.15, 0.2) is 5.76 Å². The van der Waals surface area contributed by atoms with Crippen LogP contribution in [0, 0.1) is 0 Å². The maximum absolute atomic E-state index is 5.48. The fourth-order valence-electron chi connectivity index (χ4n) is 2.37. The minimum absolute atomic E-state index is 0.305. The largest absolute Gasteiger partial charge is 0.463 e. The SMILES string of the molecule is C=C(C)C[C@H]([NH2+][C@H](C)c1ccco1)c1ccccc1. The molecule has 0 spiro atoms. The van der Waals surface area contributed by atoms with Crippen molar-refractivity contribution in [3.63, 3.8) is 0 Å². The Morgan fingerprint density at radius 3 is 2.53 bits per heavy atom. The highest BCUT2D eigenvalue weighted by Crippen LogP contribution is 2.18. The Labute approximate surface area is 115 Å². The van der Waals surface area contributed by atoms with E-state index in [-0.39, 0.29) is 0 Å². The van der Waals surface area contributed by atoms with E-state index in [0.717, 1.165) is 12.2 Å². The quantitative estimate of drug-likeness (QED) is 0.786. The molecule has 1 aromatic heterocycles. The van der Waals surface area contributed by atoms with E-state index in [1.165, 1.54) is 11.1 Å². The van der Waals surface area contributed by atoms with Crippen molar-refractivity contribution in [3.8, 4) is 0 Å². The molecule has 1 aromatic carbocycles. The van der Waals surface area contributed by atoms with Gasteiger partial charge >= 0.3 is 0 Å². The monoisotopic (exact) mass is 256 g/mol. The molecule has 2 aromatic rings. The summed E-state index contributed by atoms with van der Waals surface area (Å²) in [5, 5.41) is 2.35. The lowest BCUT2D eigenvalue weighted by Crippen LogP contribution is -2.85. The minimum Gasteiger partial charge on any atom is -0.463 e. The van der Waals surface area contributed by atoms with Gasteiger partial charge in [0.25, 0.3) is 0 Å². The molecule has 0 radical (unpaired) electrons. The zero-order valence-electron chi connectivity index (χ0n) is 11.7. The summed E-state index contributed by atoms with van der Waals surface area (Å²) < 4.78 is 5.48. The van der Waals surface area contributed by atoms with Crippen molar-refractivity contribution in [1.29, 1.82) is 0 Å². The molecular formula is C17H22NO+. The number of hydrogen-bond donors (Lipinski definition) is 1. The molecule has 100 valence electrons. The molecular weight excluding hydrogens is 234 g/mol. The molecule has 2 atom stereocenters. The van der Waals surface area contributed by atoms with Crippen LogP contribution in [-0.2, 0) is 0 Å². The Hall–Kier alpha value is -1.80. The van der Waals surface area contributed by atoms with Gasteiger partial charge in [0.05, 0.1) is 6.26 Å². The first-order chi connectivity index (χ1) is 9.16. The van der Waals surface area contributed by atoms with Crippen LogP contribution in [0.3, 0.4) is 0 Å². The number of quaternary nitrogens is 1. The lowest BCUT2D eigenvalue weighted by molar-refractivity contribution is -0.732. The van der Waals surface area contributed by atoms with Crippen LogP contribution in [-0.4, -0.2) is 0 Å². The summed E-state index contributed by atoms with van der Waals surface area (Å²) in [5.41, 5.74) is 2.54. The molecule has 1 heterocycles. The van der Waals surface area contributed by atoms with Crippen molar-refractivity contribution in [1.82, 2.24) is 0 Å². The van der Waals surface area contributed by atoms with Crippen molar-refractivity contribution in [3.05, 3.63) is 72.2 Å². The van der Waals surface area contributed by atoms with Gasteiger partial charge in [0.2, 0.25) is 0 Å². The molecule has 0 fully saturated rings. The molecule has 2 rings (SSSR count). The molecule has 2 heteroatoms. The number of nitrogens with two attached hydrogens (primary N) is 1. The van der Waals surface area contributed by atoms with Crippen molar-refractivity contribution in [2.45, 2.75) is 32.4 Å². The van der Waals surface area contributed by atoms with E-state index in [0.29, 0.717) is 12.1 Å². The van der Waals surface area contributed by atoms with Gasteiger partial charge in [0, 0.05) is 12.0 Å². The van der Waals surface area contributed by atoms with Gasteiger partial charge in [-0.25, -0.2) is 0 Å². The fraction of sp³-hybridized carbons (Fsp3) is 0.294. The highest BCUT2D eigenvalue weighted by atomic mass is 16.3. The van der Waals surface area contributed by atoms with E-state index in [1.54, 1.807) is 6.26 Å². The topological polar surface area (TPSA) is 29.8 Å². The lowest BCUT2D eigenvalue weighted by atomic mass is 9.99. The van der Waals surface area contributed by atoms with Crippen LogP contribution >= 0.6 is 0 Å². The smallest absolute Gasteiger partial charge is 0.160 e. The fourth-order valence-corrected chi connectivity index (χ4v) is 2.37. The van der Waals surface area contributed by atoms with Crippen LogP contribution in [0.2, 0.25) is 0 Å². The molecule has 0 saturated heterocycles. The van der Waals surface area contributed by atoms with Crippen molar-refractivity contribution in [2.75, 3.05) is 0 Å². The highest BCUT2D eigenvalue weighted by Gasteiger charge is 2.20. The maximum atomic E-state index is 5.48. The van der Waals surface area contributed by atoms with Crippen LogP contribution in [0.4, 0.5) is 0 Å². The van der Waals surface area contributed by atoms with E-state index in [4.69, 9.17) is 4.42 Å². The first-order valence-electron chi connectivity index (χ1n) is 6.74. The van der Waals surface area contributed by atoms with Crippen molar-refractivity contribution < 1.29 is 9.73 Å². The third-order valence-corrected chi connectivity index (χ3v) is 3.31. The minimum atomic E-state index is 0.305. The molecule has 2 nitrogen and oxygen atoms in total. The van der Waals surface area contributed by atoms with Gasteiger partial charge in [-0.05, 0) is 26.0 Å². The zero-order valence-corrected chi connectivity index (χ0v) is 11.7. The second-order valence-electron chi connectivity index (χ2n) is 5.17.